The molecule has 1 saturated heterocycles. The molecule has 122 valence electrons. The maximum Gasteiger partial charge on any atom is 0.325 e. The summed E-state index contributed by atoms with van der Waals surface area (Å²) in [5.41, 5.74) is 2.57. The number of hydrogen-bond acceptors (Lipinski definition) is 3. The lowest BCUT2D eigenvalue weighted by atomic mass is 9.72. The lowest BCUT2D eigenvalue weighted by molar-refractivity contribution is 0.0425. The molecule has 0 saturated carbocycles. The van der Waals surface area contributed by atoms with Gasteiger partial charge < -0.3 is 15.0 Å². The van der Waals surface area contributed by atoms with Crippen molar-refractivity contribution in [3.8, 4) is 0 Å². The van der Waals surface area contributed by atoms with Crippen molar-refractivity contribution in [2.24, 2.45) is 0 Å². The molecule has 1 spiro atoms. The quantitative estimate of drug-likeness (QED) is 0.893. The van der Waals surface area contributed by atoms with Crippen LogP contribution in [-0.4, -0.2) is 45.3 Å². The summed E-state index contributed by atoms with van der Waals surface area (Å²) in [4.78, 5) is 16.6. The van der Waals surface area contributed by atoms with Crippen LogP contribution in [0.4, 0.5) is 0 Å². The maximum atomic E-state index is 11.5. The normalized spacial score (nSPS) is 23.3. The fourth-order valence-corrected chi connectivity index (χ4v) is 4.32. The minimum atomic E-state index is -0.255. The summed E-state index contributed by atoms with van der Waals surface area (Å²) in [5, 5.41) is 10.7. The van der Waals surface area contributed by atoms with Gasteiger partial charge in [0, 0.05) is 30.9 Å². The summed E-state index contributed by atoms with van der Waals surface area (Å²) in [6.45, 7) is 3.55. The van der Waals surface area contributed by atoms with Crippen molar-refractivity contribution in [1.29, 1.82) is 0 Å². The Kier molecular flexibility index (Phi) is 3.62. The molecule has 1 aliphatic heterocycles. The Morgan fingerprint density at radius 1 is 1.22 bits per heavy atom. The summed E-state index contributed by atoms with van der Waals surface area (Å²) >= 11 is 0. The van der Waals surface area contributed by atoms with Crippen molar-refractivity contribution in [2.45, 2.75) is 37.3 Å². The fourth-order valence-electron chi connectivity index (χ4n) is 4.32. The van der Waals surface area contributed by atoms with Gasteiger partial charge in [0.2, 0.25) is 0 Å². The Labute approximate surface area is 135 Å². The largest absolute Gasteiger partial charge is 0.392 e. The molecule has 0 bridgehead atoms. The summed E-state index contributed by atoms with van der Waals surface area (Å²) in [5.74, 6) is 0. The van der Waals surface area contributed by atoms with Crippen molar-refractivity contribution in [3.63, 3.8) is 0 Å². The molecule has 23 heavy (non-hydrogen) atoms. The zero-order valence-electron chi connectivity index (χ0n) is 13.2. The molecule has 0 amide bonds. The van der Waals surface area contributed by atoms with E-state index in [2.05, 4.69) is 34.1 Å². The monoisotopic (exact) mass is 313 g/mol. The third kappa shape index (κ3) is 2.44. The SMILES string of the molecule is O=c1[nH]ccn1CCN1CCC2(CC1)c1ccccc1C[C@H]2O. The molecule has 1 atom stereocenters. The molecule has 0 unspecified atom stereocenters. The zero-order valence-corrected chi connectivity index (χ0v) is 13.2. The van der Waals surface area contributed by atoms with E-state index in [1.54, 1.807) is 17.0 Å². The van der Waals surface area contributed by atoms with Gasteiger partial charge in [0.05, 0.1) is 6.10 Å². The van der Waals surface area contributed by atoms with Crippen molar-refractivity contribution in [1.82, 2.24) is 14.5 Å². The topological polar surface area (TPSA) is 61.3 Å². The summed E-state index contributed by atoms with van der Waals surface area (Å²) < 4.78 is 1.71. The molecule has 2 aliphatic rings. The number of H-pyrrole nitrogens is 1. The van der Waals surface area contributed by atoms with Crippen LogP contribution in [0.2, 0.25) is 0 Å². The van der Waals surface area contributed by atoms with Crippen molar-refractivity contribution in [2.75, 3.05) is 19.6 Å². The van der Waals surface area contributed by atoms with Crippen LogP contribution in [0.3, 0.4) is 0 Å². The number of aromatic amines is 1. The molecule has 2 heterocycles. The number of likely N-dealkylation sites (tertiary alicyclic amines) is 1. The first-order valence-corrected chi connectivity index (χ1v) is 8.42. The maximum absolute atomic E-state index is 11.5. The number of aliphatic hydroxyl groups excluding tert-OH is 1. The van der Waals surface area contributed by atoms with E-state index in [0.29, 0.717) is 6.54 Å². The minimum Gasteiger partial charge on any atom is -0.392 e. The van der Waals surface area contributed by atoms with Crippen LogP contribution in [0.25, 0.3) is 0 Å². The molecule has 1 aromatic carbocycles. The lowest BCUT2D eigenvalue weighted by Crippen LogP contribution is -2.48. The molecule has 5 nitrogen and oxygen atoms in total. The zero-order chi connectivity index (χ0) is 15.9. The molecule has 4 rings (SSSR count). The van der Waals surface area contributed by atoms with Gasteiger partial charge in [-0.3, -0.25) is 4.57 Å². The van der Waals surface area contributed by atoms with E-state index < -0.39 is 0 Å². The second kappa shape index (κ2) is 5.65. The Bertz CT molecular complexity index is 740. The molecule has 1 fully saturated rings. The Morgan fingerprint density at radius 2 is 2.00 bits per heavy atom. The van der Waals surface area contributed by atoms with Crippen LogP contribution in [-0.2, 0) is 18.4 Å². The van der Waals surface area contributed by atoms with Gasteiger partial charge in [-0.05, 0) is 43.5 Å². The number of fused-ring (bicyclic) bond motifs is 2. The average molecular weight is 313 g/mol. The third-order valence-corrected chi connectivity index (χ3v) is 5.73. The predicted octanol–water partition coefficient (Wildman–Crippen LogP) is 1.13. The number of rotatable bonds is 3. The van der Waals surface area contributed by atoms with Gasteiger partial charge in [0.15, 0.2) is 0 Å². The lowest BCUT2D eigenvalue weighted by Gasteiger charge is -2.42. The van der Waals surface area contributed by atoms with Gasteiger partial charge in [-0.15, -0.1) is 0 Å². The number of imidazole rings is 1. The fraction of sp³-hybridized carbons (Fsp3) is 0.500. The van der Waals surface area contributed by atoms with Gasteiger partial charge >= 0.3 is 5.69 Å². The van der Waals surface area contributed by atoms with E-state index in [9.17, 15) is 9.90 Å². The number of nitrogens with zero attached hydrogens (tertiary/aromatic N) is 2. The van der Waals surface area contributed by atoms with Crippen LogP contribution >= 0.6 is 0 Å². The smallest absolute Gasteiger partial charge is 0.325 e. The number of piperidine rings is 1. The highest BCUT2D eigenvalue weighted by molar-refractivity contribution is 5.42. The first-order valence-electron chi connectivity index (χ1n) is 8.42. The summed E-state index contributed by atoms with van der Waals surface area (Å²) in [6.07, 6.45) is 5.99. The molecule has 2 aromatic rings. The van der Waals surface area contributed by atoms with E-state index in [1.165, 1.54) is 11.1 Å². The van der Waals surface area contributed by atoms with Gasteiger partial charge in [-0.25, -0.2) is 4.79 Å². The highest BCUT2D eigenvalue weighted by atomic mass is 16.3. The Balaban J connectivity index is 1.43. The number of benzene rings is 1. The number of aliphatic hydroxyl groups is 1. The number of aromatic nitrogens is 2. The summed E-state index contributed by atoms with van der Waals surface area (Å²) in [7, 11) is 0. The van der Waals surface area contributed by atoms with Crippen molar-refractivity contribution in [3.05, 3.63) is 58.3 Å². The van der Waals surface area contributed by atoms with Crippen LogP contribution < -0.4 is 5.69 Å². The minimum absolute atomic E-state index is 0.0429. The number of hydrogen-bond donors (Lipinski definition) is 2. The third-order valence-electron chi connectivity index (χ3n) is 5.73. The van der Waals surface area contributed by atoms with Gasteiger partial charge in [0.25, 0.3) is 0 Å². The Hall–Kier alpha value is -1.85. The molecule has 2 N–H and O–H groups in total. The summed E-state index contributed by atoms with van der Waals surface area (Å²) in [6, 6.07) is 8.50. The predicted molar refractivity (Wildman–Crippen MR) is 88.6 cm³/mol. The van der Waals surface area contributed by atoms with Gasteiger partial charge in [-0.1, -0.05) is 24.3 Å². The average Bonchev–Trinajstić information content (AvgIpc) is 3.10. The molecule has 0 radical (unpaired) electrons. The highest BCUT2D eigenvalue weighted by Gasteiger charge is 2.47. The van der Waals surface area contributed by atoms with Crippen LogP contribution in [0, 0.1) is 0 Å². The standard InChI is InChI=1S/C18H23N3O2/c22-16-13-14-3-1-2-4-15(14)18(16)5-8-20(9-6-18)11-12-21-10-7-19-17(21)23/h1-4,7,10,16,22H,5-6,8-9,11-13H2,(H,19,23)/t16-/m1/s1. The molecule has 1 aliphatic carbocycles. The second-order valence-corrected chi connectivity index (χ2v) is 6.83. The highest BCUT2D eigenvalue weighted by Crippen LogP contribution is 2.46. The molecule has 5 heteroatoms. The van der Waals surface area contributed by atoms with Crippen LogP contribution in [0.5, 0.6) is 0 Å². The first-order chi connectivity index (χ1) is 11.2. The first kappa shape index (κ1) is 14.7. The van der Waals surface area contributed by atoms with E-state index in [-0.39, 0.29) is 17.2 Å². The van der Waals surface area contributed by atoms with Crippen molar-refractivity contribution >= 4 is 0 Å². The van der Waals surface area contributed by atoms with E-state index in [1.807, 2.05) is 0 Å². The van der Waals surface area contributed by atoms with Crippen molar-refractivity contribution < 1.29 is 5.11 Å². The molecule has 1 aromatic heterocycles. The molecular weight excluding hydrogens is 290 g/mol. The molecular formula is C18H23N3O2. The number of nitrogens with one attached hydrogen (secondary N) is 1. The van der Waals surface area contributed by atoms with E-state index in [0.717, 1.165) is 38.9 Å². The van der Waals surface area contributed by atoms with Gasteiger partial charge in [-0.2, -0.15) is 0 Å². The second-order valence-electron chi connectivity index (χ2n) is 6.83. The van der Waals surface area contributed by atoms with E-state index in [4.69, 9.17) is 0 Å². The van der Waals surface area contributed by atoms with Crippen LogP contribution in [0.1, 0.15) is 24.0 Å². The Morgan fingerprint density at radius 3 is 2.74 bits per heavy atom. The van der Waals surface area contributed by atoms with Crippen LogP contribution in [0.15, 0.2) is 41.5 Å². The van der Waals surface area contributed by atoms with Gasteiger partial charge in [0.1, 0.15) is 0 Å². The van der Waals surface area contributed by atoms with E-state index >= 15 is 0 Å².